The summed E-state index contributed by atoms with van der Waals surface area (Å²) in [5.74, 6) is 0. The molecule has 2 N–H and O–H groups in total. The zero-order valence-electron chi connectivity index (χ0n) is 13.2. The summed E-state index contributed by atoms with van der Waals surface area (Å²) in [4.78, 5) is 11.9. The molecular weight excluding hydrogens is 266 g/mol. The van der Waals surface area contributed by atoms with Gasteiger partial charge in [-0.15, -0.1) is 0 Å². The predicted molar refractivity (Wildman–Crippen MR) is 84.1 cm³/mol. The summed E-state index contributed by atoms with van der Waals surface area (Å²) in [6.45, 7) is 10.9. The van der Waals surface area contributed by atoms with Gasteiger partial charge in [-0.1, -0.05) is 42.5 Å². The summed E-state index contributed by atoms with van der Waals surface area (Å²) >= 11 is 0. The molecule has 0 fully saturated rings. The minimum Gasteiger partial charge on any atom is -0.444 e. The van der Waals surface area contributed by atoms with E-state index in [2.05, 4.69) is 11.9 Å². The Morgan fingerprint density at radius 1 is 1.33 bits per heavy atom. The summed E-state index contributed by atoms with van der Waals surface area (Å²) in [5.41, 5.74) is 1.06. The molecule has 2 atom stereocenters. The minimum atomic E-state index is -0.822. The fraction of sp³-hybridized carbons (Fsp3) is 0.471. The molecule has 4 heteroatoms. The Kier molecular flexibility index (Phi) is 5.97. The van der Waals surface area contributed by atoms with Gasteiger partial charge in [0.25, 0.3) is 0 Å². The van der Waals surface area contributed by atoms with Gasteiger partial charge in [0.1, 0.15) is 5.60 Å². The van der Waals surface area contributed by atoms with Gasteiger partial charge in [0.05, 0.1) is 12.1 Å². The van der Waals surface area contributed by atoms with E-state index in [9.17, 15) is 9.90 Å². The van der Waals surface area contributed by atoms with Crippen LogP contribution in [0.5, 0.6) is 0 Å². The minimum absolute atomic E-state index is 0.472. The van der Waals surface area contributed by atoms with Crippen LogP contribution in [0, 0.1) is 0 Å². The van der Waals surface area contributed by atoms with Crippen LogP contribution in [-0.4, -0.2) is 28.9 Å². The number of nitrogens with one attached hydrogen (secondary N) is 1. The molecule has 0 radical (unpaired) electrons. The van der Waals surface area contributed by atoms with E-state index >= 15 is 0 Å². The van der Waals surface area contributed by atoms with Crippen molar-refractivity contribution in [1.29, 1.82) is 0 Å². The zero-order valence-corrected chi connectivity index (χ0v) is 13.2. The van der Waals surface area contributed by atoms with Gasteiger partial charge in [-0.3, -0.25) is 0 Å². The Morgan fingerprint density at radius 2 is 1.90 bits per heavy atom. The number of hydrogen-bond acceptors (Lipinski definition) is 3. The topological polar surface area (TPSA) is 58.6 Å². The normalized spacial score (nSPS) is 14.1. The molecule has 0 saturated heterocycles. The highest BCUT2D eigenvalue weighted by molar-refractivity contribution is 5.68. The molecule has 0 aliphatic rings. The van der Waals surface area contributed by atoms with Crippen molar-refractivity contribution in [2.24, 2.45) is 0 Å². The average Bonchev–Trinajstić information content (AvgIpc) is 2.36. The molecule has 0 heterocycles. The molecular formula is C17H25NO3. The van der Waals surface area contributed by atoms with Crippen molar-refractivity contribution >= 4 is 6.09 Å². The average molecular weight is 291 g/mol. The lowest BCUT2D eigenvalue weighted by molar-refractivity contribution is 0.0449. The Balaban J connectivity index is 2.78. The molecule has 1 aromatic carbocycles. The molecule has 21 heavy (non-hydrogen) atoms. The first-order chi connectivity index (χ1) is 9.69. The maximum atomic E-state index is 11.9. The summed E-state index contributed by atoms with van der Waals surface area (Å²) < 4.78 is 5.24. The quantitative estimate of drug-likeness (QED) is 0.820. The van der Waals surface area contributed by atoms with Crippen molar-refractivity contribution < 1.29 is 14.6 Å². The molecule has 0 saturated carbocycles. The van der Waals surface area contributed by atoms with E-state index in [4.69, 9.17) is 4.74 Å². The van der Waals surface area contributed by atoms with E-state index in [0.29, 0.717) is 12.0 Å². The number of hydrogen-bond donors (Lipinski definition) is 2. The number of amides is 1. The van der Waals surface area contributed by atoms with Gasteiger partial charge in [-0.05, 0) is 39.7 Å². The van der Waals surface area contributed by atoms with Crippen molar-refractivity contribution in [2.45, 2.75) is 51.9 Å². The van der Waals surface area contributed by atoms with E-state index in [-0.39, 0.29) is 0 Å². The molecule has 1 unspecified atom stereocenters. The highest BCUT2D eigenvalue weighted by Gasteiger charge is 2.25. The lowest BCUT2D eigenvalue weighted by Gasteiger charge is -2.27. The molecule has 0 bridgehead atoms. The number of alkyl carbamates (subject to hydrolysis) is 1. The first-order valence-electron chi connectivity index (χ1n) is 7.06. The summed E-state index contributed by atoms with van der Waals surface area (Å²) in [6, 6.07) is 9.21. The summed E-state index contributed by atoms with van der Waals surface area (Å²) in [6.07, 6.45) is -0.852. The van der Waals surface area contributed by atoms with Gasteiger partial charge in [0.15, 0.2) is 0 Å². The smallest absolute Gasteiger partial charge is 0.407 e. The van der Waals surface area contributed by atoms with Crippen molar-refractivity contribution in [3.63, 3.8) is 0 Å². The number of carbonyl (C=O) groups is 1. The van der Waals surface area contributed by atoms with E-state index in [1.165, 1.54) is 0 Å². The van der Waals surface area contributed by atoms with E-state index < -0.39 is 23.8 Å². The third-order valence-corrected chi connectivity index (χ3v) is 2.89. The third-order valence-electron chi connectivity index (χ3n) is 2.89. The van der Waals surface area contributed by atoms with Crippen LogP contribution in [0.25, 0.3) is 0 Å². The number of rotatable bonds is 5. The van der Waals surface area contributed by atoms with Crippen LogP contribution >= 0.6 is 0 Å². The molecule has 1 aromatic rings. The Hall–Kier alpha value is -1.81. The van der Waals surface area contributed by atoms with Crippen molar-refractivity contribution in [2.75, 3.05) is 0 Å². The number of ether oxygens (including phenoxy) is 1. The van der Waals surface area contributed by atoms with E-state index in [0.717, 1.165) is 5.56 Å². The van der Waals surface area contributed by atoms with Crippen LogP contribution in [0.4, 0.5) is 4.79 Å². The highest BCUT2D eigenvalue weighted by Crippen LogP contribution is 2.13. The Bertz CT molecular complexity index is 477. The summed E-state index contributed by atoms with van der Waals surface area (Å²) in [5, 5.41) is 13.0. The van der Waals surface area contributed by atoms with Crippen molar-refractivity contribution in [1.82, 2.24) is 5.32 Å². The number of carbonyl (C=O) groups excluding carboxylic acids is 1. The summed E-state index contributed by atoms with van der Waals surface area (Å²) in [7, 11) is 0. The second-order valence-electron chi connectivity index (χ2n) is 6.23. The van der Waals surface area contributed by atoms with Crippen LogP contribution in [-0.2, 0) is 11.2 Å². The standard InChI is InChI=1S/C17H25NO3/c1-12(2)15(19)14(11-13-9-7-6-8-10-13)18-16(20)21-17(3,4)5/h6-10,14-15,19H,1,11H2,2-5H3,(H,18,20)/t14-,15?/m0/s1. The largest absolute Gasteiger partial charge is 0.444 e. The predicted octanol–water partition coefficient (Wildman–Crippen LogP) is 3.06. The SMILES string of the molecule is C=C(C)C(O)[C@H](Cc1ccccc1)NC(=O)OC(C)(C)C. The van der Waals surface area contributed by atoms with Crippen molar-refractivity contribution in [3.8, 4) is 0 Å². The van der Waals surface area contributed by atoms with Gasteiger partial charge >= 0.3 is 6.09 Å². The maximum Gasteiger partial charge on any atom is 0.407 e. The molecule has 116 valence electrons. The number of aliphatic hydroxyl groups is 1. The second-order valence-corrected chi connectivity index (χ2v) is 6.23. The fourth-order valence-corrected chi connectivity index (χ4v) is 1.91. The monoisotopic (exact) mass is 291 g/mol. The van der Waals surface area contributed by atoms with Crippen molar-refractivity contribution in [3.05, 3.63) is 48.0 Å². The first kappa shape index (κ1) is 17.2. The lowest BCUT2D eigenvalue weighted by atomic mass is 9.98. The zero-order chi connectivity index (χ0) is 16.0. The Labute approximate surface area is 126 Å². The van der Waals surface area contributed by atoms with Gasteiger partial charge in [0, 0.05) is 0 Å². The molecule has 0 aromatic heterocycles. The molecule has 1 amide bonds. The number of aliphatic hydroxyl groups excluding tert-OH is 1. The lowest BCUT2D eigenvalue weighted by Crippen LogP contribution is -2.47. The third kappa shape index (κ3) is 6.45. The van der Waals surface area contributed by atoms with Gasteiger partial charge in [0.2, 0.25) is 0 Å². The van der Waals surface area contributed by atoms with Gasteiger partial charge < -0.3 is 15.2 Å². The number of benzene rings is 1. The van der Waals surface area contributed by atoms with E-state index in [1.807, 2.05) is 30.3 Å². The maximum absolute atomic E-state index is 11.9. The second kappa shape index (κ2) is 7.27. The Morgan fingerprint density at radius 3 is 2.38 bits per heavy atom. The van der Waals surface area contributed by atoms with Gasteiger partial charge in [-0.25, -0.2) is 4.79 Å². The fourth-order valence-electron chi connectivity index (χ4n) is 1.91. The van der Waals surface area contributed by atoms with Crippen LogP contribution in [0.15, 0.2) is 42.5 Å². The van der Waals surface area contributed by atoms with E-state index in [1.54, 1.807) is 27.7 Å². The van der Waals surface area contributed by atoms with Gasteiger partial charge in [-0.2, -0.15) is 0 Å². The molecule has 0 aliphatic heterocycles. The first-order valence-corrected chi connectivity index (χ1v) is 7.06. The molecule has 0 spiro atoms. The molecule has 4 nitrogen and oxygen atoms in total. The molecule has 1 rings (SSSR count). The van der Waals surface area contributed by atoms with Crippen LogP contribution < -0.4 is 5.32 Å². The molecule has 0 aliphatic carbocycles. The van der Waals surface area contributed by atoms with Crippen LogP contribution in [0.3, 0.4) is 0 Å². The van der Waals surface area contributed by atoms with Crippen LogP contribution in [0.1, 0.15) is 33.3 Å². The highest BCUT2D eigenvalue weighted by atomic mass is 16.6. The van der Waals surface area contributed by atoms with Crippen LogP contribution in [0.2, 0.25) is 0 Å².